The smallest absolute Gasteiger partial charge is 0.404 e. The summed E-state index contributed by atoms with van der Waals surface area (Å²) >= 11 is 0. The molecule has 1 aromatic heterocycles. The Labute approximate surface area is 153 Å². The zero-order valence-corrected chi connectivity index (χ0v) is 14.9. The van der Waals surface area contributed by atoms with Gasteiger partial charge in [-0.2, -0.15) is 0 Å². The minimum absolute atomic E-state index is 0.0569. The number of carbonyl (C=O) groups excluding carboxylic acids is 1. The average Bonchev–Trinajstić information content (AvgIpc) is 3.14. The molecule has 2 rings (SSSR count). The molecule has 0 bridgehead atoms. The third-order valence-corrected chi connectivity index (χ3v) is 4.12. The molecule has 2 aromatic rings. The number of nitrogens with zero attached hydrogens (tertiary/aromatic N) is 2. The van der Waals surface area contributed by atoms with Gasteiger partial charge in [0.1, 0.15) is 6.26 Å². The molecule has 2 N–H and O–H groups in total. The van der Waals surface area contributed by atoms with Crippen LogP contribution in [0.4, 0.5) is 10.8 Å². The fourth-order valence-corrected chi connectivity index (χ4v) is 2.74. The summed E-state index contributed by atoms with van der Waals surface area (Å²) in [5.74, 6) is -0.0664. The van der Waals surface area contributed by atoms with Crippen LogP contribution in [0.2, 0.25) is 0 Å². The first-order valence-corrected chi connectivity index (χ1v) is 8.80. The summed E-state index contributed by atoms with van der Waals surface area (Å²) in [5.41, 5.74) is 1.22. The number of oxazole rings is 1. The van der Waals surface area contributed by atoms with Crippen molar-refractivity contribution < 1.29 is 19.1 Å². The zero-order chi connectivity index (χ0) is 18.8. The van der Waals surface area contributed by atoms with Crippen LogP contribution >= 0.6 is 0 Å². The summed E-state index contributed by atoms with van der Waals surface area (Å²) in [5, 5.41) is 10.9. The molecule has 0 saturated carbocycles. The van der Waals surface area contributed by atoms with E-state index in [0.717, 1.165) is 12.8 Å². The molecule has 7 nitrogen and oxygen atoms in total. The first-order valence-electron chi connectivity index (χ1n) is 8.80. The molecule has 0 fully saturated rings. The second-order valence-corrected chi connectivity index (χ2v) is 6.14. The third kappa shape index (κ3) is 6.23. The van der Waals surface area contributed by atoms with Crippen molar-refractivity contribution in [1.82, 2.24) is 10.3 Å². The predicted molar refractivity (Wildman–Crippen MR) is 98.1 cm³/mol. The van der Waals surface area contributed by atoms with Gasteiger partial charge in [0, 0.05) is 19.0 Å². The predicted octanol–water partition coefficient (Wildman–Crippen LogP) is 3.47. The van der Waals surface area contributed by atoms with Crippen molar-refractivity contribution >= 4 is 18.0 Å². The van der Waals surface area contributed by atoms with Crippen LogP contribution in [0.5, 0.6) is 0 Å². The number of anilines is 1. The fraction of sp³-hybridized carbons (Fsp3) is 0.421. The van der Waals surface area contributed by atoms with E-state index < -0.39 is 6.09 Å². The number of aryl methyl sites for hydroxylation is 1. The largest absolute Gasteiger partial charge is 0.465 e. The van der Waals surface area contributed by atoms with E-state index in [4.69, 9.17) is 9.52 Å². The van der Waals surface area contributed by atoms with E-state index >= 15 is 0 Å². The first-order chi connectivity index (χ1) is 12.6. The molecule has 0 radical (unpaired) electrons. The maximum Gasteiger partial charge on any atom is 0.404 e. The molecule has 140 valence electrons. The van der Waals surface area contributed by atoms with Gasteiger partial charge in [-0.1, -0.05) is 30.3 Å². The molecule has 0 aliphatic rings. The zero-order valence-electron chi connectivity index (χ0n) is 14.9. The number of aromatic nitrogens is 1. The summed E-state index contributed by atoms with van der Waals surface area (Å²) < 4.78 is 5.35. The van der Waals surface area contributed by atoms with Crippen molar-refractivity contribution in [2.75, 3.05) is 11.4 Å². The lowest BCUT2D eigenvalue weighted by atomic mass is 10.0. The van der Waals surface area contributed by atoms with Gasteiger partial charge in [0.05, 0.1) is 6.20 Å². The van der Waals surface area contributed by atoms with Crippen LogP contribution in [0.3, 0.4) is 0 Å². The topological polar surface area (TPSA) is 95.7 Å². The Hall–Kier alpha value is -2.83. The van der Waals surface area contributed by atoms with Crippen molar-refractivity contribution in [2.24, 2.45) is 0 Å². The van der Waals surface area contributed by atoms with Gasteiger partial charge in [0.25, 0.3) is 0 Å². The number of nitrogens with one attached hydrogen (secondary N) is 1. The minimum atomic E-state index is -1.05. The van der Waals surface area contributed by atoms with Gasteiger partial charge < -0.3 is 14.8 Å². The molecule has 26 heavy (non-hydrogen) atoms. The molecule has 2 amide bonds. The number of amides is 2. The molecule has 7 heteroatoms. The van der Waals surface area contributed by atoms with Crippen molar-refractivity contribution in [2.45, 2.75) is 45.1 Å². The van der Waals surface area contributed by atoms with Crippen LogP contribution in [0.25, 0.3) is 0 Å². The highest BCUT2D eigenvalue weighted by molar-refractivity contribution is 5.91. The summed E-state index contributed by atoms with van der Waals surface area (Å²) in [4.78, 5) is 28.8. The van der Waals surface area contributed by atoms with Gasteiger partial charge in [-0.15, -0.1) is 0 Å². The number of carbonyl (C=O) groups is 2. The Balaban J connectivity index is 1.90. The average molecular weight is 359 g/mol. The van der Waals surface area contributed by atoms with Crippen LogP contribution in [0, 0.1) is 0 Å². The molecule has 0 spiro atoms. The normalized spacial score (nSPS) is 11.7. The Morgan fingerprint density at radius 2 is 2.04 bits per heavy atom. The quantitative estimate of drug-likeness (QED) is 0.633. The number of rotatable bonds is 10. The van der Waals surface area contributed by atoms with E-state index in [0.29, 0.717) is 31.8 Å². The Morgan fingerprint density at radius 1 is 1.27 bits per heavy atom. The minimum Gasteiger partial charge on any atom is -0.465 e. The molecular formula is C19H25N3O4. The van der Waals surface area contributed by atoms with Gasteiger partial charge in [-0.25, -0.2) is 9.78 Å². The van der Waals surface area contributed by atoms with Gasteiger partial charge >= 0.3 is 12.1 Å². The van der Waals surface area contributed by atoms with Crippen LogP contribution in [0.1, 0.15) is 38.2 Å². The lowest BCUT2D eigenvalue weighted by Gasteiger charge is -2.26. The Morgan fingerprint density at radius 3 is 2.69 bits per heavy atom. The standard InChI is InChI=1S/C19H25N3O4/c1-15(10-11-16-7-3-2-4-8-16)22(18-20-13-14-26-18)17(23)9-5-6-12-21-19(24)25/h2-4,7-8,13-15,21H,5-6,9-12H2,1H3,(H,24,25). The second kappa shape index (κ2) is 10.2. The molecule has 1 unspecified atom stereocenters. The highest BCUT2D eigenvalue weighted by Crippen LogP contribution is 2.20. The molecular weight excluding hydrogens is 334 g/mol. The summed E-state index contributed by atoms with van der Waals surface area (Å²) in [7, 11) is 0. The van der Waals surface area contributed by atoms with Gasteiger partial charge in [-0.05, 0) is 38.2 Å². The maximum atomic E-state index is 12.7. The van der Waals surface area contributed by atoms with E-state index in [-0.39, 0.29) is 11.9 Å². The highest BCUT2D eigenvalue weighted by Gasteiger charge is 2.24. The first kappa shape index (κ1) is 19.5. The summed E-state index contributed by atoms with van der Waals surface area (Å²) in [6, 6.07) is 10.4. The second-order valence-electron chi connectivity index (χ2n) is 6.14. The number of hydrogen-bond donors (Lipinski definition) is 2. The maximum absolute atomic E-state index is 12.7. The van der Waals surface area contributed by atoms with E-state index in [2.05, 4.69) is 22.4 Å². The van der Waals surface area contributed by atoms with E-state index in [1.807, 2.05) is 25.1 Å². The molecule has 0 aliphatic carbocycles. The number of benzene rings is 1. The lowest BCUT2D eigenvalue weighted by Crippen LogP contribution is -2.39. The third-order valence-electron chi connectivity index (χ3n) is 4.12. The number of carboxylic acid groups (broad SMARTS) is 1. The Bertz CT molecular complexity index is 673. The molecule has 1 aromatic carbocycles. The lowest BCUT2D eigenvalue weighted by molar-refractivity contribution is -0.119. The highest BCUT2D eigenvalue weighted by atomic mass is 16.4. The summed E-state index contributed by atoms with van der Waals surface area (Å²) in [6.45, 7) is 2.32. The van der Waals surface area contributed by atoms with Crippen molar-refractivity contribution in [3.8, 4) is 0 Å². The SMILES string of the molecule is CC(CCc1ccccc1)N(C(=O)CCCCNC(=O)O)c1ncco1. The number of unbranched alkanes of at least 4 members (excludes halogenated alkanes) is 1. The van der Waals surface area contributed by atoms with E-state index in [9.17, 15) is 9.59 Å². The van der Waals surface area contributed by atoms with Gasteiger partial charge in [-0.3, -0.25) is 9.69 Å². The molecule has 0 aliphatic heterocycles. The number of hydrogen-bond acceptors (Lipinski definition) is 4. The van der Waals surface area contributed by atoms with Gasteiger partial charge in [0.2, 0.25) is 5.91 Å². The fourth-order valence-electron chi connectivity index (χ4n) is 2.74. The van der Waals surface area contributed by atoms with Gasteiger partial charge in [0.15, 0.2) is 0 Å². The molecule has 0 saturated heterocycles. The Kier molecular flexibility index (Phi) is 7.67. The van der Waals surface area contributed by atoms with Crippen LogP contribution in [-0.4, -0.2) is 34.7 Å². The van der Waals surface area contributed by atoms with Crippen LogP contribution in [-0.2, 0) is 11.2 Å². The monoisotopic (exact) mass is 359 g/mol. The van der Waals surface area contributed by atoms with E-state index in [1.54, 1.807) is 4.90 Å². The van der Waals surface area contributed by atoms with Crippen LogP contribution < -0.4 is 10.2 Å². The van der Waals surface area contributed by atoms with Crippen molar-refractivity contribution in [3.05, 3.63) is 48.4 Å². The van der Waals surface area contributed by atoms with Crippen LogP contribution in [0.15, 0.2) is 47.2 Å². The van der Waals surface area contributed by atoms with Crippen molar-refractivity contribution in [1.29, 1.82) is 0 Å². The summed E-state index contributed by atoms with van der Waals surface area (Å²) in [6.07, 6.45) is 5.10. The van der Waals surface area contributed by atoms with Crippen molar-refractivity contribution in [3.63, 3.8) is 0 Å². The molecule has 1 heterocycles. The van der Waals surface area contributed by atoms with E-state index in [1.165, 1.54) is 18.0 Å². The molecule has 1 atom stereocenters.